The van der Waals surface area contributed by atoms with Crippen LogP contribution in [0, 0.1) is 0 Å². The molecule has 1 heterocycles. The summed E-state index contributed by atoms with van der Waals surface area (Å²) in [5.74, 6) is 1.13. The largest absolute Gasteiger partial charge is 0.309 e. The summed E-state index contributed by atoms with van der Waals surface area (Å²) in [6.07, 6.45) is 3.83. The number of halogens is 1. The first-order chi connectivity index (χ1) is 9.83. The van der Waals surface area contributed by atoms with E-state index in [-0.39, 0.29) is 0 Å². The number of rotatable bonds is 5. The second-order valence-electron chi connectivity index (χ2n) is 4.99. The van der Waals surface area contributed by atoms with E-state index in [1.54, 1.807) is 4.88 Å². The molecule has 0 aliphatic heterocycles. The molecule has 0 saturated heterocycles. The minimum Gasteiger partial charge on any atom is -0.309 e. The van der Waals surface area contributed by atoms with Gasteiger partial charge in [0, 0.05) is 28.1 Å². The third-order valence-electron chi connectivity index (χ3n) is 3.59. The zero-order valence-corrected chi connectivity index (χ0v) is 14.5. The highest BCUT2D eigenvalue weighted by molar-refractivity contribution is 9.11. The number of nitrogens with one attached hydrogen (secondary N) is 1. The maximum absolute atomic E-state index is 3.73. The minimum absolute atomic E-state index is 0.553. The molecule has 1 aromatic heterocycles. The molecule has 0 spiro atoms. The average molecular weight is 368 g/mol. The van der Waals surface area contributed by atoms with Crippen LogP contribution in [0.4, 0.5) is 0 Å². The first kappa shape index (κ1) is 14.6. The first-order valence-corrected chi connectivity index (χ1v) is 9.62. The van der Waals surface area contributed by atoms with E-state index in [0.717, 1.165) is 12.3 Å². The van der Waals surface area contributed by atoms with Crippen molar-refractivity contribution in [1.29, 1.82) is 0 Å². The summed E-state index contributed by atoms with van der Waals surface area (Å²) in [5.41, 5.74) is 1.53. The van der Waals surface area contributed by atoms with Gasteiger partial charge in [-0.1, -0.05) is 18.2 Å². The van der Waals surface area contributed by atoms with Crippen molar-refractivity contribution in [3.05, 3.63) is 50.6 Å². The van der Waals surface area contributed by atoms with E-state index in [1.165, 1.54) is 33.5 Å². The first-order valence-electron chi connectivity index (χ1n) is 7.02. The fraction of sp³-hybridized carbons (Fsp3) is 0.375. The summed E-state index contributed by atoms with van der Waals surface area (Å²) in [4.78, 5) is 2.92. The molecule has 0 saturated carbocycles. The molecule has 4 heteroatoms. The van der Waals surface area contributed by atoms with Crippen molar-refractivity contribution in [2.24, 2.45) is 0 Å². The Morgan fingerprint density at radius 1 is 1.30 bits per heavy atom. The molecule has 1 unspecified atom stereocenters. The monoisotopic (exact) mass is 367 g/mol. The van der Waals surface area contributed by atoms with Crippen molar-refractivity contribution >= 4 is 39.0 Å². The predicted octanol–water partition coefficient (Wildman–Crippen LogP) is 5.27. The van der Waals surface area contributed by atoms with E-state index in [9.17, 15) is 0 Å². The second-order valence-corrected chi connectivity index (χ2v) is 8.67. The zero-order chi connectivity index (χ0) is 13.8. The summed E-state index contributed by atoms with van der Waals surface area (Å²) in [5, 5.41) is 3.73. The smallest absolute Gasteiger partial charge is 0.0704 e. The Balaban J connectivity index is 1.50. The molecular formula is C16H18BrNS2. The third kappa shape index (κ3) is 3.67. The molecule has 1 aromatic carbocycles. The molecule has 2 aromatic rings. The molecule has 0 amide bonds. The lowest BCUT2D eigenvalue weighted by Gasteiger charge is -2.23. The van der Waals surface area contributed by atoms with Crippen molar-refractivity contribution in [2.45, 2.75) is 30.2 Å². The number of hydrogen-bond donors (Lipinski definition) is 1. The fourth-order valence-corrected chi connectivity index (χ4v) is 5.28. The Morgan fingerprint density at radius 3 is 3.00 bits per heavy atom. The van der Waals surface area contributed by atoms with E-state index in [1.807, 2.05) is 23.1 Å². The van der Waals surface area contributed by atoms with Gasteiger partial charge in [-0.2, -0.15) is 0 Å². The maximum atomic E-state index is 3.73. The van der Waals surface area contributed by atoms with E-state index in [2.05, 4.69) is 57.6 Å². The van der Waals surface area contributed by atoms with Gasteiger partial charge in [0.25, 0.3) is 0 Å². The number of aryl methyl sites for hydroxylation is 1. The standard InChI is InChI=1S/C16H18BrNS2/c17-16-11-13-14(7-4-8-15(13)20-16)18-9-10-19-12-5-2-1-3-6-12/h1-3,5-6,11,14,18H,4,7-10H2. The Hall–Kier alpha value is -0.290. The topological polar surface area (TPSA) is 12.0 Å². The molecular weight excluding hydrogens is 350 g/mol. The Morgan fingerprint density at radius 2 is 2.15 bits per heavy atom. The molecule has 1 aliphatic rings. The van der Waals surface area contributed by atoms with Crippen LogP contribution in [0.1, 0.15) is 29.3 Å². The van der Waals surface area contributed by atoms with Gasteiger partial charge in [-0.25, -0.2) is 0 Å². The number of hydrogen-bond acceptors (Lipinski definition) is 3. The Bertz CT molecular complexity index is 553. The highest BCUT2D eigenvalue weighted by atomic mass is 79.9. The zero-order valence-electron chi connectivity index (χ0n) is 11.3. The number of thioether (sulfide) groups is 1. The highest BCUT2D eigenvalue weighted by Crippen LogP contribution is 2.37. The van der Waals surface area contributed by atoms with Crippen LogP contribution >= 0.6 is 39.0 Å². The molecule has 0 fully saturated rings. The maximum Gasteiger partial charge on any atom is 0.0704 e. The lowest BCUT2D eigenvalue weighted by atomic mass is 9.94. The van der Waals surface area contributed by atoms with Gasteiger partial charge < -0.3 is 5.32 Å². The second kappa shape index (κ2) is 7.12. The molecule has 106 valence electrons. The van der Waals surface area contributed by atoms with Gasteiger partial charge in [-0.05, 0) is 59.0 Å². The normalized spacial score (nSPS) is 17.9. The van der Waals surface area contributed by atoms with Gasteiger partial charge in [0.2, 0.25) is 0 Å². The molecule has 1 atom stereocenters. The molecule has 0 bridgehead atoms. The van der Waals surface area contributed by atoms with Crippen molar-refractivity contribution < 1.29 is 0 Å². The minimum atomic E-state index is 0.553. The van der Waals surface area contributed by atoms with Crippen molar-refractivity contribution in [3.63, 3.8) is 0 Å². The average Bonchev–Trinajstić information content (AvgIpc) is 2.86. The quantitative estimate of drug-likeness (QED) is 0.570. The van der Waals surface area contributed by atoms with E-state index in [4.69, 9.17) is 0 Å². The van der Waals surface area contributed by atoms with Gasteiger partial charge in [-0.15, -0.1) is 23.1 Å². The van der Waals surface area contributed by atoms with E-state index >= 15 is 0 Å². The van der Waals surface area contributed by atoms with Gasteiger partial charge in [0.1, 0.15) is 0 Å². The van der Waals surface area contributed by atoms with Crippen molar-refractivity contribution in [2.75, 3.05) is 12.3 Å². The lowest BCUT2D eigenvalue weighted by Crippen LogP contribution is -2.26. The van der Waals surface area contributed by atoms with Gasteiger partial charge in [-0.3, -0.25) is 0 Å². The summed E-state index contributed by atoms with van der Waals surface area (Å²) in [6.45, 7) is 1.07. The molecule has 20 heavy (non-hydrogen) atoms. The molecule has 3 rings (SSSR count). The van der Waals surface area contributed by atoms with E-state index in [0.29, 0.717) is 6.04 Å². The third-order valence-corrected chi connectivity index (χ3v) is 6.32. The lowest BCUT2D eigenvalue weighted by molar-refractivity contribution is 0.477. The van der Waals surface area contributed by atoms with Crippen LogP contribution in [-0.4, -0.2) is 12.3 Å². The van der Waals surface area contributed by atoms with Crippen LogP contribution < -0.4 is 5.32 Å². The summed E-state index contributed by atoms with van der Waals surface area (Å²) < 4.78 is 1.27. The van der Waals surface area contributed by atoms with Crippen LogP contribution in [-0.2, 0) is 6.42 Å². The molecule has 1 N–H and O–H groups in total. The van der Waals surface area contributed by atoms with Gasteiger partial charge in [0.05, 0.1) is 3.79 Å². The van der Waals surface area contributed by atoms with Crippen LogP contribution in [0.15, 0.2) is 45.1 Å². The summed E-state index contributed by atoms with van der Waals surface area (Å²) >= 11 is 7.45. The van der Waals surface area contributed by atoms with Crippen LogP contribution in [0.2, 0.25) is 0 Å². The van der Waals surface area contributed by atoms with E-state index < -0.39 is 0 Å². The molecule has 1 aliphatic carbocycles. The molecule has 0 radical (unpaired) electrons. The summed E-state index contributed by atoms with van der Waals surface area (Å²) in [7, 11) is 0. The predicted molar refractivity (Wildman–Crippen MR) is 92.9 cm³/mol. The van der Waals surface area contributed by atoms with Gasteiger partial charge >= 0.3 is 0 Å². The van der Waals surface area contributed by atoms with Crippen molar-refractivity contribution in [3.8, 4) is 0 Å². The SMILES string of the molecule is Brc1cc2c(s1)CCCC2NCCSc1ccccc1. The summed E-state index contributed by atoms with van der Waals surface area (Å²) in [6, 6.07) is 13.5. The Kier molecular flexibility index (Phi) is 5.21. The number of thiophene rings is 1. The highest BCUT2D eigenvalue weighted by Gasteiger charge is 2.21. The Labute approximate surface area is 137 Å². The van der Waals surface area contributed by atoms with Crippen LogP contribution in [0.5, 0.6) is 0 Å². The van der Waals surface area contributed by atoms with Gasteiger partial charge in [0.15, 0.2) is 0 Å². The molecule has 1 nitrogen and oxygen atoms in total. The number of benzene rings is 1. The number of fused-ring (bicyclic) bond motifs is 1. The fourth-order valence-electron chi connectivity index (χ4n) is 2.65. The van der Waals surface area contributed by atoms with Crippen molar-refractivity contribution in [1.82, 2.24) is 5.32 Å². The van der Waals surface area contributed by atoms with Crippen LogP contribution in [0.3, 0.4) is 0 Å². The van der Waals surface area contributed by atoms with Crippen LogP contribution in [0.25, 0.3) is 0 Å².